The maximum absolute atomic E-state index is 10.1. The Morgan fingerprint density at radius 3 is 1.47 bits per heavy atom. The summed E-state index contributed by atoms with van der Waals surface area (Å²) in [6.45, 7) is 4.35. The molecule has 0 fully saturated rings. The summed E-state index contributed by atoms with van der Waals surface area (Å²) in [4.78, 5) is 16.3. The lowest BCUT2D eigenvalue weighted by Crippen LogP contribution is -1.92. The van der Waals surface area contributed by atoms with E-state index in [0.717, 1.165) is 0 Å². The summed E-state index contributed by atoms with van der Waals surface area (Å²) in [5, 5.41) is 23.1. The second-order valence-corrected chi connectivity index (χ2v) is 2.84. The molecule has 15 heavy (non-hydrogen) atoms. The number of aliphatic carboxylic acids is 1. The Morgan fingerprint density at radius 2 is 1.47 bits per heavy atom. The molecule has 0 saturated heterocycles. The molecule has 0 saturated carbocycles. The molecule has 0 aromatic carbocycles. The highest BCUT2D eigenvalue weighted by Crippen LogP contribution is 2.43. The average molecular weight is 250 g/mol. The Hall–Kier alpha value is -0.820. The van der Waals surface area contributed by atoms with Crippen LogP contribution in [-0.2, 0) is 9.36 Å². The van der Waals surface area contributed by atoms with Crippen molar-refractivity contribution in [1.29, 1.82) is 0 Å². The summed E-state index contributed by atoms with van der Waals surface area (Å²) in [7, 11) is -5.64. The molecule has 0 spiro atoms. The zero-order valence-electron chi connectivity index (χ0n) is 7.93. The minimum absolute atomic E-state index is 0.125. The third-order valence-electron chi connectivity index (χ3n) is 0.465. The van der Waals surface area contributed by atoms with E-state index in [9.17, 15) is 13.2 Å². The van der Waals surface area contributed by atoms with E-state index < -0.39 is 14.0 Å². The predicted molar refractivity (Wildman–Crippen MR) is 48.7 cm³/mol. The summed E-state index contributed by atoms with van der Waals surface area (Å²) in [6.07, 6.45) is 0. The van der Waals surface area contributed by atoms with Crippen molar-refractivity contribution in [3.05, 3.63) is 12.2 Å². The van der Waals surface area contributed by atoms with Gasteiger partial charge in [-0.15, -0.1) is 8.39 Å². The minimum atomic E-state index is -5.64. The fourth-order valence-corrected chi connectivity index (χ4v) is 0. The van der Waals surface area contributed by atoms with Crippen molar-refractivity contribution < 1.29 is 38.0 Å². The molecule has 0 atom stereocenters. The number of carboxylic acid groups (broad SMARTS) is 1. The van der Waals surface area contributed by atoms with E-state index >= 15 is 0 Å². The lowest BCUT2D eigenvalue weighted by atomic mass is 10.4. The molecular formula is C6H13F2O6P. The molecule has 6 nitrogen and oxygen atoms in total. The Bertz CT molecular complexity index is 203. The van der Waals surface area contributed by atoms with Crippen LogP contribution >= 0.6 is 7.99 Å². The molecule has 0 aliphatic carbocycles. The van der Waals surface area contributed by atoms with Gasteiger partial charge in [0, 0.05) is 5.57 Å². The van der Waals surface area contributed by atoms with Gasteiger partial charge in [0.2, 0.25) is 0 Å². The molecule has 0 aromatic heterocycles. The molecule has 0 heterocycles. The van der Waals surface area contributed by atoms with E-state index in [0.29, 0.717) is 0 Å². The van der Waals surface area contributed by atoms with Gasteiger partial charge in [-0.05, 0) is 6.92 Å². The van der Waals surface area contributed by atoms with Crippen LogP contribution in [0.15, 0.2) is 12.2 Å². The number of halogens is 2. The van der Waals surface area contributed by atoms with Crippen LogP contribution in [-0.4, -0.2) is 39.4 Å². The zero-order chi connectivity index (χ0) is 13.1. The molecule has 0 unspecified atom stereocenters. The fraction of sp³-hybridized carbons (Fsp3) is 0.500. The van der Waals surface area contributed by atoms with Crippen molar-refractivity contribution in [1.82, 2.24) is 0 Å². The van der Waals surface area contributed by atoms with Gasteiger partial charge in [-0.1, -0.05) is 6.58 Å². The number of hydrogen-bond donors (Lipinski definition) is 4. The second-order valence-electron chi connectivity index (χ2n) is 1.97. The Kier molecular flexibility index (Phi) is 14.8. The van der Waals surface area contributed by atoms with Crippen molar-refractivity contribution in [2.75, 3.05) is 13.2 Å². The predicted octanol–water partition coefficient (Wildman–Crippen LogP) is 0.644. The quantitative estimate of drug-likeness (QED) is 0.422. The highest BCUT2D eigenvalue weighted by molar-refractivity contribution is 7.46. The van der Waals surface area contributed by atoms with E-state index in [2.05, 4.69) is 6.58 Å². The van der Waals surface area contributed by atoms with E-state index in [1.165, 1.54) is 6.92 Å². The topological polar surface area (TPSA) is 115 Å². The fourth-order valence-electron chi connectivity index (χ4n) is 0. The van der Waals surface area contributed by atoms with Crippen LogP contribution in [0.3, 0.4) is 0 Å². The van der Waals surface area contributed by atoms with Crippen LogP contribution < -0.4 is 0 Å². The summed E-state index contributed by atoms with van der Waals surface area (Å²) >= 11 is 0. The van der Waals surface area contributed by atoms with E-state index in [1.54, 1.807) is 0 Å². The zero-order valence-corrected chi connectivity index (χ0v) is 8.82. The molecule has 0 aromatic rings. The third kappa shape index (κ3) is 94.3. The van der Waals surface area contributed by atoms with Gasteiger partial charge < -0.3 is 15.3 Å². The smallest absolute Gasteiger partial charge is 0.478 e. The van der Waals surface area contributed by atoms with Crippen molar-refractivity contribution in [2.24, 2.45) is 0 Å². The standard InChI is InChI=1S/C4H6O2.C2H6O2.F2HO2P/c1-3(2)4(5)6;3-1-2-4;1-5(2,3)4/h1H2,2H3,(H,5,6);3-4H,1-2H2;(H,3,4). The lowest BCUT2D eigenvalue weighted by molar-refractivity contribution is -0.132. The highest BCUT2D eigenvalue weighted by Gasteiger charge is 2.09. The normalized spacial score (nSPS) is 8.93. The van der Waals surface area contributed by atoms with Crippen molar-refractivity contribution in [3.63, 3.8) is 0 Å². The van der Waals surface area contributed by atoms with Gasteiger partial charge in [0.1, 0.15) is 0 Å². The summed E-state index contributed by atoms with van der Waals surface area (Å²) in [6, 6.07) is 0. The molecule has 0 bridgehead atoms. The molecule has 0 aliphatic heterocycles. The molecule has 92 valence electrons. The Labute approximate surface area is 85.2 Å². The number of carbonyl (C=O) groups is 1. The number of hydrogen-bond acceptors (Lipinski definition) is 4. The van der Waals surface area contributed by atoms with Crippen LogP contribution in [0, 0.1) is 0 Å². The summed E-state index contributed by atoms with van der Waals surface area (Å²) in [5.74, 6) is -0.935. The van der Waals surface area contributed by atoms with Gasteiger partial charge in [0.05, 0.1) is 13.2 Å². The first kappa shape index (κ1) is 19.7. The van der Waals surface area contributed by atoms with Crippen LogP contribution in [0.1, 0.15) is 6.92 Å². The monoisotopic (exact) mass is 250 g/mol. The molecule has 0 aliphatic rings. The number of aliphatic hydroxyl groups excluding tert-OH is 2. The summed E-state index contributed by atoms with van der Waals surface area (Å²) in [5.41, 5.74) is 0.176. The largest absolute Gasteiger partial charge is 0.549 e. The number of carboxylic acids is 1. The van der Waals surface area contributed by atoms with E-state index in [4.69, 9.17) is 24.8 Å². The van der Waals surface area contributed by atoms with Crippen LogP contribution in [0.25, 0.3) is 0 Å². The maximum Gasteiger partial charge on any atom is 0.549 e. The van der Waals surface area contributed by atoms with E-state index in [1.807, 2.05) is 0 Å². The maximum atomic E-state index is 10.1. The van der Waals surface area contributed by atoms with Crippen molar-refractivity contribution in [3.8, 4) is 0 Å². The highest BCUT2D eigenvalue weighted by atomic mass is 31.2. The van der Waals surface area contributed by atoms with Gasteiger partial charge in [0.15, 0.2) is 0 Å². The molecule has 9 heteroatoms. The molecule has 4 N–H and O–H groups in total. The van der Waals surface area contributed by atoms with Gasteiger partial charge in [-0.25, -0.2) is 9.36 Å². The Morgan fingerprint density at radius 1 is 1.33 bits per heavy atom. The first-order valence-corrected chi connectivity index (χ1v) is 4.83. The first-order chi connectivity index (χ1) is 6.56. The van der Waals surface area contributed by atoms with Crippen molar-refractivity contribution in [2.45, 2.75) is 6.92 Å². The van der Waals surface area contributed by atoms with Gasteiger partial charge in [-0.3, -0.25) is 4.89 Å². The molecular weight excluding hydrogens is 237 g/mol. The SMILES string of the molecule is C=C(C)C(=O)O.O=P(O)(F)F.OCCO. The average Bonchev–Trinajstić information content (AvgIpc) is 2.01. The summed E-state index contributed by atoms with van der Waals surface area (Å²) < 4.78 is 28.7. The van der Waals surface area contributed by atoms with Crippen LogP contribution in [0.4, 0.5) is 8.39 Å². The minimum Gasteiger partial charge on any atom is -0.478 e. The van der Waals surface area contributed by atoms with Crippen LogP contribution in [0.5, 0.6) is 0 Å². The van der Waals surface area contributed by atoms with Crippen molar-refractivity contribution >= 4 is 14.0 Å². The molecule has 0 rings (SSSR count). The number of aliphatic hydroxyl groups is 2. The molecule has 0 amide bonds. The first-order valence-electron chi connectivity index (χ1n) is 3.38. The van der Waals surface area contributed by atoms with Crippen LogP contribution in [0.2, 0.25) is 0 Å². The number of rotatable bonds is 2. The van der Waals surface area contributed by atoms with Gasteiger partial charge in [0.25, 0.3) is 0 Å². The van der Waals surface area contributed by atoms with Gasteiger partial charge >= 0.3 is 14.0 Å². The second kappa shape index (κ2) is 11.3. The third-order valence-corrected chi connectivity index (χ3v) is 0.465. The van der Waals surface area contributed by atoms with E-state index in [-0.39, 0.29) is 18.8 Å². The Balaban J connectivity index is -0.000000147. The lowest BCUT2D eigenvalue weighted by Gasteiger charge is -1.79. The van der Waals surface area contributed by atoms with Gasteiger partial charge in [-0.2, -0.15) is 0 Å². The molecule has 0 radical (unpaired) electrons.